The number of carbonyl (C=O) groups is 1. The summed E-state index contributed by atoms with van der Waals surface area (Å²) in [6.07, 6.45) is 1.53. The standard InChI is InChI=1S/C20H18N2O3/c1-2-25-16-10-7-14(8-11-16)13-21-22-20(24)18-12-9-15-5-3-4-6-17(15)19(18)23/h3-13,23H,2H2,1H3,(H,22,24)/b21-13+. The number of amides is 1. The molecule has 3 aromatic rings. The molecule has 0 spiro atoms. The average molecular weight is 334 g/mol. The zero-order valence-corrected chi connectivity index (χ0v) is 13.8. The Morgan fingerprint density at radius 1 is 1.12 bits per heavy atom. The van der Waals surface area contributed by atoms with E-state index < -0.39 is 5.91 Å². The molecule has 126 valence electrons. The second-order valence-corrected chi connectivity index (χ2v) is 5.38. The Balaban J connectivity index is 1.71. The third-order valence-electron chi connectivity index (χ3n) is 3.72. The van der Waals surface area contributed by atoms with Crippen LogP contribution in [0.2, 0.25) is 0 Å². The normalized spacial score (nSPS) is 10.9. The number of rotatable bonds is 5. The van der Waals surface area contributed by atoms with Crippen LogP contribution in [0.3, 0.4) is 0 Å². The van der Waals surface area contributed by atoms with E-state index in [4.69, 9.17) is 4.74 Å². The lowest BCUT2D eigenvalue weighted by atomic mass is 10.1. The Bertz CT molecular complexity index is 918. The lowest BCUT2D eigenvalue weighted by molar-refractivity contribution is 0.0952. The molecule has 25 heavy (non-hydrogen) atoms. The quantitative estimate of drug-likeness (QED) is 0.552. The van der Waals surface area contributed by atoms with Crippen LogP contribution >= 0.6 is 0 Å². The molecule has 3 aromatic carbocycles. The number of hydrogen-bond donors (Lipinski definition) is 2. The zero-order valence-electron chi connectivity index (χ0n) is 13.8. The molecule has 0 aromatic heterocycles. The highest BCUT2D eigenvalue weighted by Crippen LogP contribution is 2.28. The Hall–Kier alpha value is -3.34. The third-order valence-corrected chi connectivity index (χ3v) is 3.72. The summed E-state index contributed by atoms with van der Waals surface area (Å²) in [5.41, 5.74) is 3.44. The van der Waals surface area contributed by atoms with Crippen LogP contribution < -0.4 is 10.2 Å². The van der Waals surface area contributed by atoms with Crippen molar-refractivity contribution in [2.75, 3.05) is 6.61 Å². The van der Waals surface area contributed by atoms with Crippen LogP contribution in [0.5, 0.6) is 11.5 Å². The van der Waals surface area contributed by atoms with Crippen molar-refractivity contribution in [3.05, 3.63) is 71.8 Å². The summed E-state index contributed by atoms with van der Waals surface area (Å²) >= 11 is 0. The van der Waals surface area contributed by atoms with Crippen LogP contribution in [0.15, 0.2) is 65.8 Å². The van der Waals surface area contributed by atoms with Crippen molar-refractivity contribution in [3.8, 4) is 11.5 Å². The van der Waals surface area contributed by atoms with E-state index in [1.165, 1.54) is 6.21 Å². The molecule has 5 heteroatoms. The fourth-order valence-corrected chi connectivity index (χ4v) is 2.48. The van der Waals surface area contributed by atoms with Gasteiger partial charge in [-0.15, -0.1) is 0 Å². The van der Waals surface area contributed by atoms with Crippen LogP contribution in [0, 0.1) is 0 Å². The molecule has 0 bridgehead atoms. The summed E-state index contributed by atoms with van der Waals surface area (Å²) in [5.74, 6) is 0.266. The van der Waals surface area contributed by atoms with Crippen molar-refractivity contribution in [2.45, 2.75) is 6.92 Å². The number of phenolic OH excluding ortho intramolecular Hbond substituents is 1. The van der Waals surface area contributed by atoms with Crippen molar-refractivity contribution in [3.63, 3.8) is 0 Å². The molecule has 0 radical (unpaired) electrons. The van der Waals surface area contributed by atoms with Crippen LogP contribution in [-0.2, 0) is 0 Å². The van der Waals surface area contributed by atoms with Gasteiger partial charge in [0.25, 0.3) is 5.91 Å². The van der Waals surface area contributed by atoms with Crippen LogP contribution in [0.1, 0.15) is 22.8 Å². The van der Waals surface area contributed by atoms with Gasteiger partial charge in [-0.05, 0) is 48.2 Å². The first kappa shape index (κ1) is 16.5. The predicted octanol–water partition coefficient (Wildman–Crippen LogP) is 3.71. The molecule has 0 atom stereocenters. The fourth-order valence-electron chi connectivity index (χ4n) is 2.48. The molecule has 0 unspecified atom stereocenters. The number of aromatic hydroxyl groups is 1. The molecule has 5 nitrogen and oxygen atoms in total. The lowest BCUT2D eigenvalue weighted by Crippen LogP contribution is -2.17. The number of carbonyl (C=O) groups excluding carboxylic acids is 1. The topological polar surface area (TPSA) is 70.9 Å². The van der Waals surface area contributed by atoms with Gasteiger partial charge in [-0.2, -0.15) is 5.10 Å². The number of ether oxygens (including phenoxy) is 1. The zero-order chi connectivity index (χ0) is 17.6. The Kier molecular flexibility index (Phi) is 4.95. The van der Waals surface area contributed by atoms with Gasteiger partial charge in [-0.3, -0.25) is 4.79 Å². The maximum atomic E-state index is 12.2. The van der Waals surface area contributed by atoms with Gasteiger partial charge in [-0.1, -0.05) is 30.3 Å². The third kappa shape index (κ3) is 3.77. The van der Waals surface area contributed by atoms with Gasteiger partial charge in [0.05, 0.1) is 18.4 Å². The Labute approximate surface area is 145 Å². The average Bonchev–Trinajstić information content (AvgIpc) is 2.64. The predicted molar refractivity (Wildman–Crippen MR) is 98.3 cm³/mol. The summed E-state index contributed by atoms with van der Waals surface area (Å²) in [4.78, 5) is 12.2. The number of nitrogens with one attached hydrogen (secondary N) is 1. The smallest absolute Gasteiger partial charge is 0.275 e. The molecular formula is C20H18N2O3. The van der Waals surface area contributed by atoms with Crippen molar-refractivity contribution >= 4 is 22.9 Å². The van der Waals surface area contributed by atoms with Gasteiger partial charge in [-0.25, -0.2) is 5.43 Å². The van der Waals surface area contributed by atoms with Crippen LogP contribution in [0.25, 0.3) is 10.8 Å². The maximum Gasteiger partial charge on any atom is 0.275 e. The molecule has 0 saturated carbocycles. The van der Waals surface area contributed by atoms with Gasteiger partial charge in [0, 0.05) is 5.39 Å². The Morgan fingerprint density at radius 2 is 1.88 bits per heavy atom. The molecule has 0 aliphatic carbocycles. The largest absolute Gasteiger partial charge is 0.506 e. The number of nitrogens with zero attached hydrogens (tertiary/aromatic N) is 1. The first-order valence-electron chi connectivity index (χ1n) is 7.96. The molecule has 0 saturated heterocycles. The van der Waals surface area contributed by atoms with E-state index in [9.17, 15) is 9.90 Å². The molecule has 0 aliphatic rings. The summed E-state index contributed by atoms with van der Waals surface area (Å²) in [6, 6.07) is 18.1. The monoisotopic (exact) mass is 334 g/mol. The van der Waals surface area contributed by atoms with E-state index in [2.05, 4.69) is 10.5 Å². The van der Waals surface area contributed by atoms with E-state index in [0.29, 0.717) is 12.0 Å². The van der Waals surface area contributed by atoms with Gasteiger partial charge in [0.1, 0.15) is 11.5 Å². The second kappa shape index (κ2) is 7.49. The minimum atomic E-state index is -0.467. The van der Waals surface area contributed by atoms with E-state index in [-0.39, 0.29) is 11.3 Å². The lowest BCUT2D eigenvalue weighted by Gasteiger charge is -2.06. The maximum absolute atomic E-state index is 12.2. The van der Waals surface area contributed by atoms with Gasteiger partial charge in [0.2, 0.25) is 0 Å². The molecule has 2 N–H and O–H groups in total. The summed E-state index contributed by atoms with van der Waals surface area (Å²) in [6.45, 7) is 2.53. The summed E-state index contributed by atoms with van der Waals surface area (Å²) in [5, 5.41) is 15.7. The van der Waals surface area contributed by atoms with Crippen LogP contribution in [-0.4, -0.2) is 23.8 Å². The van der Waals surface area contributed by atoms with E-state index in [1.54, 1.807) is 18.2 Å². The number of fused-ring (bicyclic) bond motifs is 1. The van der Waals surface area contributed by atoms with Crippen molar-refractivity contribution in [1.29, 1.82) is 0 Å². The second-order valence-electron chi connectivity index (χ2n) is 5.38. The van der Waals surface area contributed by atoms with E-state index in [0.717, 1.165) is 16.7 Å². The molecule has 0 fully saturated rings. The van der Waals surface area contributed by atoms with Gasteiger partial charge >= 0.3 is 0 Å². The first-order chi connectivity index (χ1) is 12.2. The van der Waals surface area contributed by atoms with E-state index in [1.807, 2.05) is 49.4 Å². The fraction of sp³-hybridized carbons (Fsp3) is 0.100. The van der Waals surface area contributed by atoms with Gasteiger partial charge < -0.3 is 9.84 Å². The van der Waals surface area contributed by atoms with E-state index >= 15 is 0 Å². The number of hydrazone groups is 1. The van der Waals surface area contributed by atoms with Crippen molar-refractivity contribution < 1.29 is 14.6 Å². The highest BCUT2D eigenvalue weighted by atomic mass is 16.5. The first-order valence-corrected chi connectivity index (χ1v) is 7.96. The molecule has 0 aliphatic heterocycles. The number of phenols is 1. The number of hydrogen-bond acceptors (Lipinski definition) is 4. The van der Waals surface area contributed by atoms with Crippen molar-refractivity contribution in [2.24, 2.45) is 5.10 Å². The van der Waals surface area contributed by atoms with Crippen LogP contribution in [0.4, 0.5) is 0 Å². The van der Waals surface area contributed by atoms with Gasteiger partial charge in [0.15, 0.2) is 0 Å². The Morgan fingerprint density at radius 3 is 2.64 bits per heavy atom. The molecule has 0 heterocycles. The number of benzene rings is 3. The highest BCUT2D eigenvalue weighted by Gasteiger charge is 2.12. The summed E-state index contributed by atoms with van der Waals surface area (Å²) in [7, 11) is 0. The minimum absolute atomic E-state index is 0.0492. The molecule has 3 rings (SSSR count). The summed E-state index contributed by atoms with van der Waals surface area (Å²) < 4.78 is 5.37. The molecular weight excluding hydrogens is 316 g/mol. The SMILES string of the molecule is CCOc1ccc(/C=N/NC(=O)c2ccc3ccccc3c2O)cc1. The minimum Gasteiger partial charge on any atom is -0.506 e. The molecule has 1 amide bonds. The highest BCUT2D eigenvalue weighted by molar-refractivity contribution is 6.03. The van der Waals surface area contributed by atoms with Crippen molar-refractivity contribution in [1.82, 2.24) is 5.43 Å².